The first-order valence-corrected chi connectivity index (χ1v) is 11.2. The fraction of sp³-hybridized carbons (Fsp3) is 0.125. The van der Waals surface area contributed by atoms with Gasteiger partial charge in [0.15, 0.2) is 0 Å². The molecular formula is C32H30. The Balaban J connectivity index is 1.93. The first-order valence-electron chi connectivity index (χ1n) is 11.2. The number of hydrogen-bond donors (Lipinski definition) is 0. The highest BCUT2D eigenvalue weighted by molar-refractivity contribution is 5.86. The molecule has 0 nitrogen and oxygen atoms in total. The molecule has 0 radical (unpaired) electrons. The number of allylic oxidation sites excluding steroid dienone is 2. The van der Waals surface area contributed by atoms with E-state index in [2.05, 4.69) is 137 Å². The predicted octanol–water partition coefficient (Wildman–Crippen LogP) is 8.48. The molecule has 0 N–H and O–H groups in total. The molecule has 32 heavy (non-hydrogen) atoms. The first kappa shape index (κ1) is 21.6. The molecule has 0 saturated heterocycles. The van der Waals surface area contributed by atoms with E-state index < -0.39 is 0 Å². The molecular weight excluding hydrogens is 384 g/mol. The molecule has 0 aliphatic carbocycles. The summed E-state index contributed by atoms with van der Waals surface area (Å²) in [6.07, 6.45) is 4.56. The van der Waals surface area contributed by atoms with Gasteiger partial charge in [-0.1, -0.05) is 131 Å². The topological polar surface area (TPSA) is 0 Å². The van der Waals surface area contributed by atoms with Gasteiger partial charge in [-0.05, 0) is 61.1 Å². The minimum absolute atomic E-state index is 1.23. The maximum atomic E-state index is 2.28. The van der Waals surface area contributed by atoms with E-state index in [4.69, 9.17) is 0 Å². The number of hydrogen-bond acceptors (Lipinski definition) is 0. The maximum Gasteiger partial charge on any atom is -0.0111 e. The van der Waals surface area contributed by atoms with Gasteiger partial charge in [-0.15, -0.1) is 0 Å². The lowest BCUT2D eigenvalue weighted by Gasteiger charge is -2.12. The number of rotatable bonds is 5. The summed E-state index contributed by atoms with van der Waals surface area (Å²) >= 11 is 0. The highest BCUT2D eigenvalue weighted by Gasteiger charge is 2.08. The Hall–Kier alpha value is -3.64. The zero-order chi connectivity index (χ0) is 22.5. The van der Waals surface area contributed by atoms with Crippen molar-refractivity contribution in [2.24, 2.45) is 0 Å². The van der Waals surface area contributed by atoms with Gasteiger partial charge in [0.25, 0.3) is 0 Å². The Morgan fingerprint density at radius 1 is 0.406 bits per heavy atom. The van der Waals surface area contributed by atoms with Gasteiger partial charge in [-0.3, -0.25) is 0 Å². The predicted molar refractivity (Wildman–Crippen MR) is 139 cm³/mol. The minimum atomic E-state index is 1.23. The van der Waals surface area contributed by atoms with E-state index in [1.54, 1.807) is 0 Å². The molecule has 0 unspecified atom stereocenters. The Morgan fingerprint density at radius 3 is 0.875 bits per heavy atom. The third-order valence-corrected chi connectivity index (χ3v) is 5.73. The molecule has 0 heteroatoms. The molecule has 0 aliphatic heterocycles. The molecule has 4 aromatic rings. The summed E-state index contributed by atoms with van der Waals surface area (Å²) < 4.78 is 0. The highest BCUT2D eigenvalue weighted by Crippen LogP contribution is 2.29. The number of benzene rings is 4. The van der Waals surface area contributed by atoms with E-state index in [0.29, 0.717) is 0 Å². The van der Waals surface area contributed by atoms with E-state index in [1.807, 2.05) is 0 Å². The fourth-order valence-electron chi connectivity index (χ4n) is 4.14. The van der Waals surface area contributed by atoms with Crippen LogP contribution in [0.1, 0.15) is 44.5 Å². The molecule has 0 saturated carbocycles. The van der Waals surface area contributed by atoms with Gasteiger partial charge < -0.3 is 0 Å². The van der Waals surface area contributed by atoms with Gasteiger partial charge in [-0.2, -0.15) is 0 Å². The van der Waals surface area contributed by atoms with E-state index >= 15 is 0 Å². The van der Waals surface area contributed by atoms with Crippen molar-refractivity contribution < 1.29 is 0 Å². The molecule has 0 bridgehead atoms. The van der Waals surface area contributed by atoms with Crippen LogP contribution in [0.2, 0.25) is 0 Å². The molecule has 0 atom stereocenters. The van der Waals surface area contributed by atoms with E-state index in [1.165, 1.54) is 55.7 Å². The Morgan fingerprint density at radius 2 is 0.656 bits per heavy atom. The van der Waals surface area contributed by atoms with Gasteiger partial charge in [0, 0.05) is 0 Å². The van der Waals surface area contributed by atoms with Gasteiger partial charge in [0.05, 0.1) is 0 Å². The molecule has 0 spiro atoms. The SMILES string of the molecule is Cc1cccc(C(=CC=C(c2cccc(C)c2)c2cccc(C)c2)c2cccc(C)c2)c1. The first-order chi connectivity index (χ1) is 15.5. The largest absolute Gasteiger partial charge is 0.0614 e. The zero-order valence-corrected chi connectivity index (χ0v) is 19.4. The molecule has 4 rings (SSSR count). The molecule has 0 aliphatic rings. The van der Waals surface area contributed by atoms with Crippen LogP contribution in [0, 0.1) is 27.7 Å². The monoisotopic (exact) mass is 414 g/mol. The Kier molecular flexibility index (Phi) is 6.52. The van der Waals surface area contributed by atoms with Crippen LogP contribution in [0.5, 0.6) is 0 Å². The third-order valence-electron chi connectivity index (χ3n) is 5.73. The van der Waals surface area contributed by atoms with Crippen molar-refractivity contribution in [1.82, 2.24) is 0 Å². The van der Waals surface area contributed by atoms with E-state index in [9.17, 15) is 0 Å². The average Bonchev–Trinajstić information content (AvgIpc) is 2.77. The summed E-state index contributed by atoms with van der Waals surface area (Å²) in [5.41, 5.74) is 12.5. The number of aryl methyl sites for hydroxylation is 4. The zero-order valence-electron chi connectivity index (χ0n) is 19.4. The molecule has 0 amide bonds. The van der Waals surface area contributed by atoms with E-state index in [0.717, 1.165) is 0 Å². The summed E-state index contributed by atoms with van der Waals surface area (Å²) in [5.74, 6) is 0. The van der Waals surface area contributed by atoms with Crippen LogP contribution >= 0.6 is 0 Å². The van der Waals surface area contributed by atoms with Crippen molar-refractivity contribution in [2.75, 3.05) is 0 Å². The normalized spacial score (nSPS) is 10.5. The standard InChI is InChI=1S/C32H30/c1-23-9-5-13-27(19-23)31(28-14-6-10-24(2)20-28)17-18-32(29-15-7-11-25(3)21-29)30-16-8-12-26(4)22-30/h5-22H,1-4H3. The van der Waals surface area contributed by atoms with Gasteiger partial charge in [0.1, 0.15) is 0 Å². The minimum Gasteiger partial charge on any atom is -0.0614 e. The van der Waals surface area contributed by atoms with Crippen LogP contribution < -0.4 is 0 Å². The van der Waals surface area contributed by atoms with Crippen molar-refractivity contribution in [2.45, 2.75) is 27.7 Å². The Labute approximate surface area is 192 Å². The third kappa shape index (κ3) is 5.15. The van der Waals surface area contributed by atoms with Crippen LogP contribution in [0.3, 0.4) is 0 Å². The van der Waals surface area contributed by atoms with Gasteiger partial charge in [0.2, 0.25) is 0 Å². The second-order valence-electron chi connectivity index (χ2n) is 8.64. The van der Waals surface area contributed by atoms with Crippen molar-refractivity contribution >= 4 is 11.1 Å². The summed E-state index contributed by atoms with van der Waals surface area (Å²) in [6, 6.07) is 35.0. The van der Waals surface area contributed by atoms with Crippen molar-refractivity contribution in [3.8, 4) is 0 Å². The quantitative estimate of drug-likeness (QED) is 0.287. The lowest BCUT2D eigenvalue weighted by atomic mass is 9.92. The lowest BCUT2D eigenvalue weighted by Crippen LogP contribution is -1.92. The van der Waals surface area contributed by atoms with Gasteiger partial charge in [-0.25, -0.2) is 0 Å². The second-order valence-corrected chi connectivity index (χ2v) is 8.64. The summed E-state index contributed by atoms with van der Waals surface area (Å²) in [4.78, 5) is 0. The average molecular weight is 415 g/mol. The summed E-state index contributed by atoms with van der Waals surface area (Å²) in [6.45, 7) is 8.60. The van der Waals surface area contributed by atoms with Crippen molar-refractivity contribution in [1.29, 1.82) is 0 Å². The van der Waals surface area contributed by atoms with Crippen LogP contribution in [0.25, 0.3) is 11.1 Å². The van der Waals surface area contributed by atoms with E-state index in [-0.39, 0.29) is 0 Å². The molecule has 158 valence electrons. The fourth-order valence-corrected chi connectivity index (χ4v) is 4.14. The van der Waals surface area contributed by atoms with Crippen molar-refractivity contribution in [3.63, 3.8) is 0 Å². The molecule has 0 fully saturated rings. The van der Waals surface area contributed by atoms with Crippen LogP contribution in [-0.2, 0) is 0 Å². The van der Waals surface area contributed by atoms with Crippen LogP contribution in [0.15, 0.2) is 109 Å². The van der Waals surface area contributed by atoms with Crippen LogP contribution in [-0.4, -0.2) is 0 Å². The maximum absolute atomic E-state index is 2.28. The smallest absolute Gasteiger partial charge is 0.0111 e. The lowest BCUT2D eigenvalue weighted by molar-refractivity contribution is 1.41. The molecule has 0 heterocycles. The van der Waals surface area contributed by atoms with Crippen LogP contribution in [0.4, 0.5) is 0 Å². The molecule has 0 aromatic heterocycles. The van der Waals surface area contributed by atoms with Crippen molar-refractivity contribution in [3.05, 3.63) is 154 Å². The Bertz CT molecular complexity index is 1100. The highest BCUT2D eigenvalue weighted by atomic mass is 14.1. The van der Waals surface area contributed by atoms with Gasteiger partial charge >= 0.3 is 0 Å². The summed E-state index contributed by atoms with van der Waals surface area (Å²) in [5, 5.41) is 0. The molecule has 4 aromatic carbocycles. The second kappa shape index (κ2) is 9.66. The summed E-state index contributed by atoms with van der Waals surface area (Å²) in [7, 11) is 0.